The normalized spacial score (nSPS) is 15.9. The Kier molecular flexibility index (Phi) is 4.61. The molecule has 3 heteroatoms. The van der Waals surface area contributed by atoms with Crippen LogP contribution in [0.5, 0.6) is 5.75 Å². The Balaban J connectivity index is 2.00. The van der Waals surface area contributed by atoms with Gasteiger partial charge in [0.05, 0.1) is 7.11 Å². The Morgan fingerprint density at radius 2 is 2.11 bits per heavy atom. The first-order valence-corrected chi connectivity index (χ1v) is 6.82. The van der Waals surface area contributed by atoms with Crippen molar-refractivity contribution in [1.82, 2.24) is 5.32 Å². The van der Waals surface area contributed by atoms with E-state index >= 15 is 0 Å². The van der Waals surface area contributed by atoms with Crippen LogP contribution < -0.4 is 10.1 Å². The number of benzene rings is 1. The number of rotatable bonds is 4. The summed E-state index contributed by atoms with van der Waals surface area (Å²) in [5.74, 6) is 0.769. The van der Waals surface area contributed by atoms with Crippen LogP contribution in [-0.4, -0.2) is 19.1 Å². The summed E-state index contributed by atoms with van der Waals surface area (Å²) < 4.78 is 5.28. The summed E-state index contributed by atoms with van der Waals surface area (Å²) in [4.78, 5) is 11.8. The first-order chi connectivity index (χ1) is 9.19. The molecule has 3 nitrogen and oxygen atoms in total. The van der Waals surface area contributed by atoms with Crippen molar-refractivity contribution in [2.24, 2.45) is 0 Å². The van der Waals surface area contributed by atoms with Crippen molar-refractivity contribution < 1.29 is 9.53 Å². The fraction of sp³-hybridized carbons (Fsp3) is 0.438. The molecule has 0 bridgehead atoms. The molecule has 0 aromatic heterocycles. The molecule has 0 aliphatic heterocycles. The van der Waals surface area contributed by atoms with Gasteiger partial charge in [-0.2, -0.15) is 0 Å². The number of carbonyl (C=O) groups excluding carboxylic acids is 1. The van der Waals surface area contributed by atoms with Crippen molar-refractivity contribution in [3.05, 3.63) is 35.4 Å². The molecule has 0 atom stereocenters. The smallest absolute Gasteiger partial charge is 0.244 e. The highest BCUT2D eigenvalue weighted by Crippen LogP contribution is 2.21. The number of ether oxygens (including phenoxy) is 1. The van der Waals surface area contributed by atoms with Crippen LogP contribution in [0.3, 0.4) is 0 Å². The number of hydrogen-bond donors (Lipinski definition) is 1. The van der Waals surface area contributed by atoms with Crippen molar-refractivity contribution in [3.63, 3.8) is 0 Å². The molecule has 1 amide bonds. The zero-order chi connectivity index (χ0) is 13.7. The molecular formula is C16H21NO2. The number of carbonyl (C=O) groups is 1. The molecule has 1 aromatic rings. The summed E-state index contributed by atoms with van der Waals surface area (Å²) in [5, 5.41) is 3.03. The molecule has 1 saturated carbocycles. The lowest BCUT2D eigenvalue weighted by atomic mass is 10.1. The molecule has 1 N–H and O–H groups in total. The van der Waals surface area contributed by atoms with Crippen molar-refractivity contribution in [2.45, 2.75) is 38.6 Å². The van der Waals surface area contributed by atoms with Crippen LogP contribution in [-0.2, 0) is 4.79 Å². The van der Waals surface area contributed by atoms with Gasteiger partial charge in [-0.1, -0.05) is 24.5 Å². The topological polar surface area (TPSA) is 38.3 Å². The fourth-order valence-electron chi connectivity index (χ4n) is 2.47. The van der Waals surface area contributed by atoms with Crippen molar-refractivity contribution in [1.29, 1.82) is 0 Å². The van der Waals surface area contributed by atoms with Crippen molar-refractivity contribution in [2.75, 3.05) is 7.11 Å². The van der Waals surface area contributed by atoms with Gasteiger partial charge in [0.1, 0.15) is 5.75 Å². The van der Waals surface area contributed by atoms with Gasteiger partial charge in [-0.25, -0.2) is 0 Å². The highest BCUT2D eigenvalue weighted by atomic mass is 16.5. The van der Waals surface area contributed by atoms with Gasteiger partial charge in [0.2, 0.25) is 5.91 Å². The van der Waals surface area contributed by atoms with Crippen molar-refractivity contribution in [3.8, 4) is 5.75 Å². The molecule has 2 rings (SSSR count). The summed E-state index contributed by atoms with van der Waals surface area (Å²) in [7, 11) is 1.64. The molecule has 19 heavy (non-hydrogen) atoms. The minimum Gasteiger partial charge on any atom is -0.496 e. The van der Waals surface area contributed by atoms with Gasteiger partial charge < -0.3 is 10.1 Å². The monoisotopic (exact) mass is 259 g/mol. The number of nitrogens with one attached hydrogen (secondary N) is 1. The molecule has 0 heterocycles. The van der Waals surface area contributed by atoms with Gasteiger partial charge in [-0.3, -0.25) is 4.79 Å². The quantitative estimate of drug-likeness (QED) is 0.844. The fourth-order valence-corrected chi connectivity index (χ4v) is 2.47. The van der Waals surface area contributed by atoms with E-state index in [1.54, 1.807) is 13.2 Å². The summed E-state index contributed by atoms with van der Waals surface area (Å²) in [5.41, 5.74) is 2.08. The van der Waals surface area contributed by atoms with E-state index in [9.17, 15) is 4.79 Å². The second-order valence-corrected chi connectivity index (χ2v) is 5.07. The summed E-state index contributed by atoms with van der Waals surface area (Å²) in [6.45, 7) is 2.02. The Bertz CT molecular complexity index is 474. The molecule has 102 valence electrons. The Morgan fingerprint density at radius 1 is 1.37 bits per heavy atom. The van der Waals surface area contributed by atoms with E-state index in [4.69, 9.17) is 4.74 Å². The third kappa shape index (κ3) is 3.85. The molecule has 1 aliphatic rings. The Hall–Kier alpha value is -1.77. The zero-order valence-corrected chi connectivity index (χ0v) is 11.6. The van der Waals surface area contributed by atoms with Gasteiger partial charge >= 0.3 is 0 Å². The molecule has 0 unspecified atom stereocenters. The summed E-state index contributed by atoms with van der Waals surface area (Å²) in [6, 6.07) is 6.29. The standard InChI is InChI=1S/C16H21NO2/c1-12-7-9-15(19-2)13(11-12)8-10-16(18)17-14-5-3-4-6-14/h7-11,14H,3-6H2,1-2H3,(H,17,18). The SMILES string of the molecule is COc1ccc(C)cc1C=CC(=O)NC1CCCC1. The largest absolute Gasteiger partial charge is 0.496 e. The summed E-state index contributed by atoms with van der Waals surface area (Å²) in [6.07, 6.45) is 8.06. The van der Waals surface area contributed by atoms with Crippen LogP contribution in [0.1, 0.15) is 36.8 Å². The zero-order valence-electron chi connectivity index (χ0n) is 11.6. The van der Waals surface area contributed by atoms with Gasteiger partial charge in [-0.05, 0) is 38.0 Å². The molecular weight excluding hydrogens is 238 g/mol. The predicted octanol–water partition coefficient (Wildman–Crippen LogP) is 3.08. The average molecular weight is 259 g/mol. The number of methoxy groups -OCH3 is 1. The van der Waals surface area contributed by atoms with E-state index in [2.05, 4.69) is 5.32 Å². The van der Waals surface area contributed by atoms with E-state index < -0.39 is 0 Å². The van der Waals surface area contributed by atoms with Gasteiger partial charge in [-0.15, -0.1) is 0 Å². The molecule has 0 spiro atoms. The highest BCUT2D eigenvalue weighted by molar-refractivity contribution is 5.92. The maximum absolute atomic E-state index is 11.8. The number of hydrogen-bond acceptors (Lipinski definition) is 2. The van der Waals surface area contributed by atoms with Crippen molar-refractivity contribution >= 4 is 12.0 Å². The van der Waals surface area contributed by atoms with E-state index in [0.717, 1.165) is 29.7 Å². The van der Waals surface area contributed by atoms with E-state index in [0.29, 0.717) is 6.04 Å². The molecule has 1 aromatic carbocycles. The van der Waals surface area contributed by atoms with Gasteiger partial charge in [0, 0.05) is 17.7 Å². The second kappa shape index (κ2) is 6.41. The Labute approximate surface area is 114 Å². The van der Waals surface area contributed by atoms with Crippen LogP contribution in [0.2, 0.25) is 0 Å². The number of amides is 1. The molecule has 0 saturated heterocycles. The third-order valence-corrected chi connectivity index (χ3v) is 3.50. The second-order valence-electron chi connectivity index (χ2n) is 5.07. The van der Waals surface area contributed by atoms with E-state index in [1.807, 2.05) is 31.2 Å². The third-order valence-electron chi connectivity index (χ3n) is 3.50. The predicted molar refractivity (Wildman–Crippen MR) is 77.2 cm³/mol. The molecule has 1 aliphatic carbocycles. The van der Waals surface area contributed by atoms with Crippen LogP contribution >= 0.6 is 0 Å². The lowest BCUT2D eigenvalue weighted by Gasteiger charge is -2.09. The lowest BCUT2D eigenvalue weighted by Crippen LogP contribution is -2.30. The Morgan fingerprint density at radius 3 is 2.79 bits per heavy atom. The van der Waals surface area contributed by atoms with E-state index in [-0.39, 0.29) is 5.91 Å². The van der Waals surface area contributed by atoms with Gasteiger partial charge in [0.15, 0.2) is 0 Å². The first kappa shape index (κ1) is 13.7. The maximum atomic E-state index is 11.8. The van der Waals surface area contributed by atoms with Crippen LogP contribution in [0.4, 0.5) is 0 Å². The van der Waals surface area contributed by atoms with Crippen LogP contribution in [0.25, 0.3) is 6.08 Å². The van der Waals surface area contributed by atoms with E-state index in [1.165, 1.54) is 12.8 Å². The van der Waals surface area contributed by atoms with Crippen LogP contribution in [0.15, 0.2) is 24.3 Å². The average Bonchev–Trinajstić information content (AvgIpc) is 2.89. The summed E-state index contributed by atoms with van der Waals surface area (Å²) >= 11 is 0. The lowest BCUT2D eigenvalue weighted by molar-refractivity contribution is -0.117. The minimum atomic E-state index is -0.0181. The molecule has 1 fully saturated rings. The minimum absolute atomic E-state index is 0.0181. The number of aryl methyl sites for hydroxylation is 1. The first-order valence-electron chi connectivity index (χ1n) is 6.82. The van der Waals surface area contributed by atoms with Gasteiger partial charge in [0.25, 0.3) is 0 Å². The highest BCUT2D eigenvalue weighted by Gasteiger charge is 2.15. The maximum Gasteiger partial charge on any atom is 0.244 e. The van der Waals surface area contributed by atoms with Crippen LogP contribution in [0, 0.1) is 6.92 Å². The molecule has 0 radical (unpaired) electrons.